The highest BCUT2D eigenvalue weighted by atomic mass is 16.1. The van der Waals surface area contributed by atoms with Crippen LogP contribution in [0.5, 0.6) is 0 Å². The fourth-order valence-electron chi connectivity index (χ4n) is 2.01. The van der Waals surface area contributed by atoms with Crippen LogP contribution >= 0.6 is 0 Å². The van der Waals surface area contributed by atoms with Crippen LogP contribution in [0.2, 0.25) is 0 Å². The standard InChI is InChI=1S/C15H24N2O/c1-2-13(10-11-16)8-9-15(18)17-12-14-6-4-3-5-7-14/h3-7,13H,2,8-12,16H2,1H3,(H,17,18). The van der Waals surface area contributed by atoms with E-state index in [1.165, 1.54) is 0 Å². The number of nitrogens with two attached hydrogens (primary N) is 1. The maximum absolute atomic E-state index is 11.7. The predicted molar refractivity (Wildman–Crippen MR) is 75.0 cm³/mol. The second-order valence-electron chi connectivity index (χ2n) is 4.65. The SMILES string of the molecule is CCC(CCN)CCC(=O)NCc1ccccc1. The van der Waals surface area contributed by atoms with Gasteiger partial charge in [0, 0.05) is 13.0 Å². The van der Waals surface area contributed by atoms with E-state index in [9.17, 15) is 4.79 Å². The van der Waals surface area contributed by atoms with Crippen molar-refractivity contribution >= 4 is 5.91 Å². The zero-order valence-corrected chi connectivity index (χ0v) is 11.2. The van der Waals surface area contributed by atoms with E-state index >= 15 is 0 Å². The number of rotatable bonds is 8. The summed E-state index contributed by atoms with van der Waals surface area (Å²) < 4.78 is 0. The van der Waals surface area contributed by atoms with E-state index < -0.39 is 0 Å². The first-order valence-electron chi connectivity index (χ1n) is 6.77. The van der Waals surface area contributed by atoms with Crippen LogP contribution in [-0.2, 0) is 11.3 Å². The van der Waals surface area contributed by atoms with Crippen molar-refractivity contribution in [2.45, 2.75) is 39.2 Å². The van der Waals surface area contributed by atoms with Crippen LogP contribution in [-0.4, -0.2) is 12.5 Å². The number of amides is 1. The lowest BCUT2D eigenvalue weighted by Crippen LogP contribution is -2.23. The minimum atomic E-state index is 0.134. The van der Waals surface area contributed by atoms with E-state index in [1.807, 2.05) is 30.3 Å². The van der Waals surface area contributed by atoms with Crippen LogP contribution in [0.4, 0.5) is 0 Å². The van der Waals surface area contributed by atoms with Gasteiger partial charge in [-0.2, -0.15) is 0 Å². The van der Waals surface area contributed by atoms with Crippen molar-refractivity contribution in [3.8, 4) is 0 Å². The molecule has 1 rings (SSSR count). The average Bonchev–Trinajstić information content (AvgIpc) is 2.42. The van der Waals surface area contributed by atoms with Gasteiger partial charge in [-0.3, -0.25) is 4.79 Å². The molecule has 100 valence electrons. The first-order valence-corrected chi connectivity index (χ1v) is 6.77. The Kier molecular flexibility index (Phi) is 7.11. The van der Waals surface area contributed by atoms with Gasteiger partial charge < -0.3 is 11.1 Å². The Hall–Kier alpha value is -1.35. The van der Waals surface area contributed by atoms with Crippen LogP contribution in [0.15, 0.2) is 30.3 Å². The fraction of sp³-hybridized carbons (Fsp3) is 0.533. The van der Waals surface area contributed by atoms with Crippen LogP contribution in [0, 0.1) is 5.92 Å². The molecule has 3 N–H and O–H groups in total. The number of carbonyl (C=O) groups is 1. The van der Waals surface area contributed by atoms with Crippen molar-refractivity contribution in [3.05, 3.63) is 35.9 Å². The van der Waals surface area contributed by atoms with E-state index in [-0.39, 0.29) is 5.91 Å². The van der Waals surface area contributed by atoms with E-state index in [4.69, 9.17) is 5.73 Å². The molecule has 0 spiro atoms. The molecule has 0 aliphatic carbocycles. The number of benzene rings is 1. The molecule has 1 amide bonds. The summed E-state index contributed by atoms with van der Waals surface area (Å²) in [6, 6.07) is 9.97. The van der Waals surface area contributed by atoms with Crippen molar-refractivity contribution in [2.24, 2.45) is 11.7 Å². The molecule has 0 bridgehead atoms. The van der Waals surface area contributed by atoms with Gasteiger partial charge in [-0.15, -0.1) is 0 Å². The molecule has 1 aromatic rings. The fourth-order valence-corrected chi connectivity index (χ4v) is 2.01. The van der Waals surface area contributed by atoms with E-state index in [2.05, 4.69) is 12.2 Å². The third-order valence-electron chi connectivity index (χ3n) is 3.26. The molecule has 0 aliphatic heterocycles. The molecular formula is C15H24N2O. The molecule has 0 heterocycles. The summed E-state index contributed by atoms with van der Waals surface area (Å²) in [7, 11) is 0. The molecule has 0 radical (unpaired) electrons. The van der Waals surface area contributed by atoms with Crippen molar-refractivity contribution in [1.82, 2.24) is 5.32 Å². The molecule has 0 saturated heterocycles. The van der Waals surface area contributed by atoms with Crippen LogP contribution in [0.3, 0.4) is 0 Å². The first kappa shape index (κ1) is 14.7. The Morgan fingerprint density at radius 2 is 2.00 bits per heavy atom. The molecule has 1 atom stereocenters. The van der Waals surface area contributed by atoms with Crippen LogP contribution in [0.1, 0.15) is 38.2 Å². The molecule has 0 fully saturated rings. The van der Waals surface area contributed by atoms with Gasteiger partial charge in [-0.25, -0.2) is 0 Å². The Balaban J connectivity index is 2.21. The average molecular weight is 248 g/mol. The largest absolute Gasteiger partial charge is 0.352 e. The summed E-state index contributed by atoms with van der Waals surface area (Å²) >= 11 is 0. The minimum Gasteiger partial charge on any atom is -0.352 e. The molecular weight excluding hydrogens is 224 g/mol. The zero-order chi connectivity index (χ0) is 13.2. The summed E-state index contributed by atoms with van der Waals surface area (Å²) in [6.07, 6.45) is 3.66. The van der Waals surface area contributed by atoms with Crippen molar-refractivity contribution in [1.29, 1.82) is 0 Å². The van der Waals surface area contributed by atoms with Gasteiger partial charge in [-0.1, -0.05) is 43.7 Å². The Bertz CT molecular complexity index is 338. The maximum Gasteiger partial charge on any atom is 0.220 e. The molecule has 1 unspecified atom stereocenters. The van der Waals surface area contributed by atoms with Gasteiger partial charge in [0.2, 0.25) is 5.91 Å². The third kappa shape index (κ3) is 5.82. The minimum absolute atomic E-state index is 0.134. The quantitative estimate of drug-likeness (QED) is 0.742. The summed E-state index contributed by atoms with van der Waals surface area (Å²) in [5, 5.41) is 2.95. The van der Waals surface area contributed by atoms with Gasteiger partial charge in [-0.05, 0) is 30.9 Å². The van der Waals surface area contributed by atoms with Gasteiger partial charge in [0.15, 0.2) is 0 Å². The zero-order valence-electron chi connectivity index (χ0n) is 11.2. The lowest BCUT2D eigenvalue weighted by Gasteiger charge is -2.13. The highest BCUT2D eigenvalue weighted by Crippen LogP contribution is 2.14. The third-order valence-corrected chi connectivity index (χ3v) is 3.26. The van der Waals surface area contributed by atoms with Crippen LogP contribution < -0.4 is 11.1 Å². The van der Waals surface area contributed by atoms with Gasteiger partial charge >= 0.3 is 0 Å². The number of hydrogen-bond donors (Lipinski definition) is 2. The highest BCUT2D eigenvalue weighted by Gasteiger charge is 2.08. The molecule has 0 aromatic heterocycles. The number of hydrogen-bond acceptors (Lipinski definition) is 2. The molecule has 3 heteroatoms. The highest BCUT2D eigenvalue weighted by molar-refractivity contribution is 5.75. The summed E-state index contributed by atoms with van der Waals surface area (Å²) in [5.74, 6) is 0.715. The molecule has 18 heavy (non-hydrogen) atoms. The Labute approximate surface area is 110 Å². The van der Waals surface area contributed by atoms with Crippen molar-refractivity contribution < 1.29 is 4.79 Å². The molecule has 3 nitrogen and oxygen atoms in total. The van der Waals surface area contributed by atoms with E-state index in [0.717, 1.165) is 24.8 Å². The lowest BCUT2D eigenvalue weighted by molar-refractivity contribution is -0.121. The second kappa shape index (κ2) is 8.70. The second-order valence-corrected chi connectivity index (χ2v) is 4.65. The summed E-state index contributed by atoms with van der Waals surface area (Å²) in [5.41, 5.74) is 6.68. The monoisotopic (exact) mass is 248 g/mol. The van der Waals surface area contributed by atoms with Gasteiger partial charge in [0.25, 0.3) is 0 Å². The Morgan fingerprint density at radius 3 is 2.61 bits per heavy atom. The Morgan fingerprint density at radius 1 is 1.28 bits per heavy atom. The summed E-state index contributed by atoms with van der Waals surface area (Å²) in [4.78, 5) is 11.7. The van der Waals surface area contributed by atoms with Crippen molar-refractivity contribution in [2.75, 3.05) is 6.54 Å². The summed E-state index contributed by atoms with van der Waals surface area (Å²) in [6.45, 7) is 3.49. The normalized spacial score (nSPS) is 12.1. The lowest BCUT2D eigenvalue weighted by atomic mass is 9.96. The molecule has 0 aliphatic rings. The van der Waals surface area contributed by atoms with Gasteiger partial charge in [0.1, 0.15) is 0 Å². The van der Waals surface area contributed by atoms with E-state index in [0.29, 0.717) is 25.4 Å². The maximum atomic E-state index is 11.7. The van der Waals surface area contributed by atoms with E-state index in [1.54, 1.807) is 0 Å². The molecule has 0 saturated carbocycles. The predicted octanol–water partition coefficient (Wildman–Crippen LogP) is 2.46. The van der Waals surface area contributed by atoms with Crippen molar-refractivity contribution in [3.63, 3.8) is 0 Å². The molecule has 1 aromatic carbocycles. The number of carbonyl (C=O) groups excluding carboxylic acids is 1. The number of nitrogens with one attached hydrogen (secondary N) is 1. The topological polar surface area (TPSA) is 55.1 Å². The first-order chi connectivity index (χ1) is 8.76. The van der Waals surface area contributed by atoms with Gasteiger partial charge in [0.05, 0.1) is 0 Å². The van der Waals surface area contributed by atoms with Crippen LogP contribution in [0.25, 0.3) is 0 Å². The smallest absolute Gasteiger partial charge is 0.220 e.